The van der Waals surface area contributed by atoms with E-state index < -0.39 is 11.4 Å². The van der Waals surface area contributed by atoms with Crippen molar-refractivity contribution in [1.29, 1.82) is 0 Å². The van der Waals surface area contributed by atoms with Gasteiger partial charge in [0.05, 0.1) is 12.3 Å². The number of carbonyl (C=O) groups excluding carboxylic acids is 2. The van der Waals surface area contributed by atoms with Crippen LogP contribution in [-0.4, -0.2) is 24.3 Å². The van der Waals surface area contributed by atoms with Crippen molar-refractivity contribution in [3.8, 4) is 0 Å². The fraction of sp³-hybridized carbons (Fsp3) is 0.727. The van der Waals surface area contributed by atoms with Crippen LogP contribution in [0.4, 0.5) is 4.79 Å². The molecule has 1 rings (SSSR count). The molecule has 0 aliphatic heterocycles. The van der Waals surface area contributed by atoms with E-state index in [1.54, 1.807) is 6.92 Å². The SMILES string of the molecule is CCOC(=O)C1(CC)CCCC1=NNC(N)=O. The first-order valence-corrected chi connectivity index (χ1v) is 5.86. The summed E-state index contributed by atoms with van der Waals surface area (Å²) in [7, 11) is 0. The maximum absolute atomic E-state index is 12.0. The smallest absolute Gasteiger partial charge is 0.332 e. The highest BCUT2D eigenvalue weighted by molar-refractivity contribution is 6.08. The molecule has 0 radical (unpaired) electrons. The summed E-state index contributed by atoms with van der Waals surface area (Å²) in [6.07, 6.45) is 2.88. The van der Waals surface area contributed by atoms with Crippen LogP contribution in [0.25, 0.3) is 0 Å². The van der Waals surface area contributed by atoms with E-state index in [4.69, 9.17) is 10.5 Å². The number of carbonyl (C=O) groups is 2. The van der Waals surface area contributed by atoms with Gasteiger partial charge in [-0.15, -0.1) is 0 Å². The molecule has 1 atom stereocenters. The minimum atomic E-state index is -0.724. The Hall–Kier alpha value is -1.59. The van der Waals surface area contributed by atoms with Gasteiger partial charge in [-0.2, -0.15) is 5.10 Å². The number of rotatable bonds is 4. The normalized spacial score (nSPS) is 25.9. The molecule has 0 spiro atoms. The summed E-state index contributed by atoms with van der Waals surface area (Å²) in [6.45, 7) is 4.04. The Morgan fingerprint density at radius 2 is 2.24 bits per heavy atom. The van der Waals surface area contributed by atoms with Crippen LogP contribution in [-0.2, 0) is 9.53 Å². The van der Waals surface area contributed by atoms with E-state index in [2.05, 4.69) is 10.5 Å². The largest absolute Gasteiger partial charge is 0.465 e. The highest BCUT2D eigenvalue weighted by atomic mass is 16.5. The number of hydrogen-bond donors (Lipinski definition) is 2. The number of primary amides is 1. The van der Waals surface area contributed by atoms with Gasteiger partial charge in [0, 0.05) is 0 Å². The van der Waals surface area contributed by atoms with Crippen LogP contribution >= 0.6 is 0 Å². The molecule has 96 valence electrons. The van der Waals surface area contributed by atoms with Crippen molar-refractivity contribution in [1.82, 2.24) is 5.43 Å². The molecule has 1 aliphatic carbocycles. The van der Waals surface area contributed by atoms with Gasteiger partial charge >= 0.3 is 12.0 Å². The van der Waals surface area contributed by atoms with Crippen molar-refractivity contribution in [2.24, 2.45) is 16.3 Å². The second-order valence-corrected chi connectivity index (χ2v) is 4.04. The Bertz CT molecular complexity index is 341. The van der Waals surface area contributed by atoms with Crippen LogP contribution in [0, 0.1) is 5.41 Å². The monoisotopic (exact) mass is 241 g/mol. The molecule has 0 bridgehead atoms. The van der Waals surface area contributed by atoms with Crippen molar-refractivity contribution >= 4 is 17.7 Å². The van der Waals surface area contributed by atoms with Gasteiger partial charge in [0.1, 0.15) is 5.41 Å². The predicted molar refractivity (Wildman–Crippen MR) is 63.4 cm³/mol. The molecule has 0 aromatic rings. The number of amides is 2. The van der Waals surface area contributed by atoms with Crippen LogP contribution < -0.4 is 11.2 Å². The lowest BCUT2D eigenvalue weighted by atomic mass is 9.82. The van der Waals surface area contributed by atoms with Gasteiger partial charge < -0.3 is 10.5 Å². The van der Waals surface area contributed by atoms with Gasteiger partial charge in [-0.05, 0) is 32.6 Å². The fourth-order valence-electron chi connectivity index (χ4n) is 2.24. The van der Waals surface area contributed by atoms with Crippen LogP contribution in [0.15, 0.2) is 5.10 Å². The zero-order chi connectivity index (χ0) is 12.9. The summed E-state index contributed by atoms with van der Waals surface area (Å²) in [6, 6.07) is -0.724. The second-order valence-electron chi connectivity index (χ2n) is 4.04. The lowest BCUT2D eigenvalue weighted by Crippen LogP contribution is -2.38. The minimum absolute atomic E-state index is 0.259. The number of nitrogens with two attached hydrogens (primary N) is 1. The van der Waals surface area contributed by atoms with Gasteiger partial charge in [0.2, 0.25) is 0 Å². The molecule has 17 heavy (non-hydrogen) atoms. The molecule has 1 aliphatic rings. The van der Waals surface area contributed by atoms with E-state index in [1.165, 1.54) is 0 Å². The maximum atomic E-state index is 12.0. The Balaban J connectivity index is 2.92. The first-order valence-electron chi connectivity index (χ1n) is 5.86. The number of esters is 1. The standard InChI is InChI=1S/C11H19N3O3/c1-3-11(9(15)17-4-2)7-5-6-8(11)13-14-10(12)16/h3-7H2,1-2H3,(H3,12,14,16). The number of urea groups is 1. The van der Waals surface area contributed by atoms with E-state index in [0.717, 1.165) is 6.42 Å². The van der Waals surface area contributed by atoms with Crippen LogP contribution in [0.1, 0.15) is 39.5 Å². The third-order valence-corrected chi connectivity index (χ3v) is 3.14. The molecule has 0 aromatic carbocycles. The molecular formula is C11H19N3O3. The van der Waals surface area contributed by atoms with E-state index in [0.29, 0.717) is 31.6 Å². The van der Waals surface area contributed by atoms with Crippen molar-refractivity contribution in [2.45, 2.75) is 39.5 Å². The lowest BCUT2D eigenvalue weighted by Gasteiger charge is -2.25. The first kappa shape index (κ1) is 13.5. The van der Waals surface area contributed by atoms with Gasteiger partial charge in [-0.25, -0.2) is 10.2 Å². The van der Waals surface area contributed by atoms with Crippen molar-refractivity contribution < 1.29 is 14.3 Å². The first-order chi connectivity index (χ1) is 8.06. The van der Waals surface area contributed by atoms with E-state index in [9.17, 15) is 9.59 Å². The molecule has 0 saturated heterocycles. The molecule has 6 heteroatoms. The van der Waals surface area contributed by atoms with Crippen molar-refractivity contribution in [3.05, 3.63) is 0 Å². The molecule has 6 nitrogen and oxygen atoms in total. The summed E-state index contributed by atoms with van der Waals surface area (Å²) in [5, 5.41) is 3.94. The van der Waals surface area contributed by atoms with Crippen molar-refractivity contribution in [3.63, 3.8) is 0 Å². The van der Waals surface area contributed by atoms with Gasteiger partial charge in [0.25, 0.3) is 0 Å². The Labute approximate surface area is 101 Å². The second kappa shape index (κ2) is 5.65. The number of hydrazone groups is 1. The zero-order valence-electron chi connectivity index (χ0n) is 10.3. The predicted octanol–water partition coefficient (Wildman–Crippen LogP) is 1.15. The maximum Gasteiger partial charge on any atom is 0.332 e. The third-order valence-electron chi connectivity index (χ3n) is 3.14. The number of ether oxygens (including phenoxy) is 1. The minimum Gasteiger partial charge on any atom is -0.465 e. The van der Waals surface area contributed by atoms with Gasteiger partial charge in [0.15, 0.2) is 0 Å². The fourth-order valence-corrected chi connectivity index (χ4v) is 2.24. The Morgan fingerprint density at radius 3 is 2.76 bits per heavy atom. The van der Waals surface area contributed by atoms with E-state index in [-0.39, 0.29) is 5.97 Å². The number of nitrogens with one attached hydrogen (secondary N) is 1. The number of hydrogen-bond acceptors (Lipinski definition) is 4. The molecule has 2 amide bonds. The van der Waals surface area contributed by atoms with Gasteiger partial charge in [-0.3, -0.25) is 4.79 Å². The summed E-state index contributed by atoms with van der Waals surface area (Å²) < 4.78 is 5.09. The van der Waals surface area contributed by atoms with Crippen molar-refractivity contribution in [2.75, 3.05) is 6.61 Å². The summed E-state index contributed by atoms with van der Waals surface area (Å²) in [4.78, 5) is 22.6. The topological polar surface area (TPSA) is 93.8 Å². The van der Waals surface area contributed by atoms with Crippen LogP contribution in [0.5, 0.6) is 0 Å². The molecule has 1 saturated carbocycles. The third kappa shape index (κ3) is 2.75. The van der Waals surface area contributed by atoms with E-state index >= 15 is 0 Å². The highest BCUT2D eigenvalue weighted by Gasteiger charge is 2.46. The Morgan fingerprint density at radius 1 is 1.53 bits per heavy atom. The number of nitrogens with zero attached hydrogens (tertiary/aromatic N) is 1. The molecule has 1 unspecified atom stereocenters. The molecule has 1 fully saturated rings. The van der Waals surface area contributed by atoms with Gasteiger partial charge in [-0.1, -0.05) is 6.92 Å². The Kier molecular flexibility index (Phi) is 4.48. The summed E-state index contributed by atoms with van der Waals surface area (Å²) >= 11 is 0. The molecular weight excluding hydrogens is 222 g/mol. The average molecular weight is 241 g/mol. The molecule has 3 N–H and O–H groups in total. The molecule has 0 aromatic heterocycles. The lowest BCUT2D eigenvalue weighted by molar-refractivity contribution is -0.151. The average Bonchev–Trinajstić information content (AvgIpc) is 2.70. The van der Waals surface area contributed by atoms with Crippen LogP contribution in [0.2, 0.25) is 0 Å². The summed E-state index contributed by atoms with van der Waals surface area (Å²) in [5.41, 5.74) is 7.14. The zero-order valence-corrected chi connectivity index (χ0v) is 10.3. The summed E-state index contributed by atoms with van der Waals surface area (Å²) in [5.74, 6) is -0.259. The molecule has 0 heterocycles. The quantitative estimate of drug-likeness (QED) is 0.571. The van der Waals surface area contributed by atoms with Crippen LogP contribution in [0.3, 0.4) is 0 Å². The van der Waals surface area contributed by atoms with E-state index in [1.807, 2.05) is 6.92 Å². The highest BCUT2D eigenvalue weighted by Crippen LogP contribution is 2.39.